The van der Waals surface area contributed by atoms with Gasteiger partial charge in [-0.05, 0) is 18.9 Å². The van der Waals surface area contributed by atoms with Crippen molar-refractivity contribution in [1.29, 1.82) is 0 Å². The van der Waals surface area contributed by atoms with Gasteiger partial charge in [-0.1, -0.05) is 12.1 Å². The Hall–Kier alpha value is -1.22. The first-order valence-electron chi connectivity index (χ1n) is 5.94. The van der Waals surface area contributed by atoms with Crippen LogP contribution in [0.15, 0.2) is 18.2 Å². The third-order valence-electron chi connectivity index (χ3n) is 3.27. The first-order valence-corrected chi connectivity index (χ1v) is 5.94. The van der Waals surface area contributed by atoms with Crippen molar-refractivity contribution in [1.82, 2.24) is 5.32 Å². The van der Waals surface area contributed by atoms with Gasteiger partial charge in [-0.25, -0.2) is 0 Å². The molecule has 0 amide bonds. The summed E-state index contributed by atoms with van der Waals surface area (Å²) in [6.07, 6.45) is 3.68. The number of nitrogens with one attached hydrogen (secondary N) is 1. The number of benzene rings is 1. The molecular formula is C13H17NO2. The zero-order chi connectivity index (χ0) is 11.0. The van der Waals surface area contributed by atoms with Crippen LogP contribution in [0.1, 0.15) is 30.9 Å². The molecule has 0 aromatic heterocycles. The maximum absolute atomic E-state index is 5.71. The van der Waals surface area contributed by atoms with Crippen LogP contribution < -0.4 is 14.8 Å². The van der Waals surface area contributed by atoms with Gasteiger partial charge in [0.25, 0.3) is 0 Å². The van der Waals surface area contributed by atoms with E-state index >= 15 is 0 Å². The van der Waals surface area contributed by atoms with Crippen molar-refractivity contribution < 1.29 is 9.47 Å². The molecule has 1 atom stereocenters. The van der Waals surface area contributed by atoms with Gasteiger partial charge in [0, 0.05) is 24.1 Å². The first-order chi connectivity index (χ1) is 7.88. The number of hydrogen-bond acceptors (Lipinski definition) is 3. The second-order valence-electron chi connectivity index (χ2n) is 4.51. The Labute approximate surface area is 95.8 Å². The Bertz CT molecular complexity index is 388. The van der Waals surface area contributed by atoms with Crippen molar-refractivity contribution in [2.75, 3.05) is 13.7 Å². The van der Waals surface area contributed by atoms with Gasteiger partial charge < -0.3 is 14.8 Å². The third kappa shape index (κ3) is 1.76. The SMILES string of the molecule is COc1cccc2c1OCCC2NC1CC1. The van der Waals surface area contributed by atoms with Crippen LogP contribution in [0.25, 0.3) is 0 Å². The van der Waals surface area contributed by atoms with E-state index in [0.717, 1.165) is 30.6 Å². The molecule has 1 heterocycles. The van der Waals surface area contributed by atoms with Crippen LogP contribution in [0.5, 0.6) is 11.5 Å². The number of hydrogen-bond donors (Lipinski definition) is 1. The smallest absolute Gasteiger partial charge is 0.165 e. The predicted octanol–water partition coefficient (Wildman–Crippen LogP) is 2.27. The van der Waals surface area contributed by atoms with Gasteiger partial charge in [-0.2, -0.15) is 0 Å². The largest absolute Gasteiger partial charge is 0.493 e. The molecule has 0 spiro atoms. The van der Waals surface area contributed by atoms with E-state index in [1.54, 1.807) is 7.11 Å². The highest BCUT2D eigenvalue weighted by molar-refractivity contribution is 5.49. The molecule has 1 aromatic carbocycles. The molecule has 86 valence electrons. The van der Waals surface area contributed by atoms with E-state index in [0.29, 0.717) is 6.04 Å². The number of methoxy groups -OCH3 is 1. The lowest BCUT2D eigenvalue weighted by Gasteiger charge is -2.27. The minimum atomic E-state index is 0.436. The minimum absolute atomic E-state index is 0.436. The van der Waals surface area contributed by atoms with Crippen molar-refractivity contribution in [2.24, 2.45) is 0 Å². The molecule has 1 saturated carbocycles. The Morgan fingerprint density at radius 3 is 2.94 bits per heavy atom. The van der Waals surface area contributed by atoms with E-state index in [1.165, 1.54) is 18.4 Å². The maximum Gasteiger partial charge on any atom is 0.165 e. The van der Waals surface area contributed by atoms with Crippen LogP contribution in [0.4, 0.5) is 0 Å². The zero-order valence-electron chi connectivity index (χ0n) is 9.53. The highest BCUT2D eigenvalue weighted by atomic mass is 16.5. The Morgan fingerprint density at radius 2 is 2.19 bits per heavy atom. The van der Waals surface area contributed by atoms with Gasteiger partial charge in [0.1, 0.15) is 0 Å². The number of rotatable bonds is 3. The molecule has 1 N–H and O–H groups in total. The minimum Gasteiger partial charge on any atom is -0.493 e. The molecule has 0 saturated heterocycles. The second kappa shape index (κ2) is 3.98. The monoisotopic (exact) mass is 219 g/mol. The van der Waals surface area contributed by atoms with Gasteiger partial charge >= 0.3 is 0 Å². The Kier molecular flexibility index (Phi) is 2.48. The summed E-state index contributed by atoms with van der Waals surface area (Å²) in [5.74, 6) is 1.77. The summed E-state index contributed by atoms with van der Waals surface area (Å²) in [6, 6.07) is 7.29. The number of ether oxygens (including phenoxy) is 2. The fourth-order valence-corrected chi connectivity index (χ4v) is 2.26. The van der Waals surface area contributed by atoms with Gasteiger partial charge in [0.05, 0.1) is 13.7 Å². The summed E-state index contributed by atoms with van der Waals surface area (Å²) in [5, 5.41) is 3.66. The van der Waals surface area contributed by atoms with Gasteiger partial charge in [-0.3, -0.25) is 0 Å². The lowest BCUT2D eigenvalue weighted by molar-refractivity contribution is 0.238. The lowest BCUT2D eigenvalue weighted by Crippen LogP contribution is -2.28. The summed E-state index contributed by atoms with van der Waals surface area (Å²) in [5.41, 5.74) is 1.25. The first kappa shape index (κ1) is 9.97. The molecule has 2 aliphatic rings. The molecule has 1 aromatic rings. The summed E-state index contributed by atoms with van der Waals surface area (Å²) >= 11 is 0. The van der Waals surface area contributed by atoms with Crippen LogP contribution in [0, 0.1) is 0 Å². The molecule has 0 bridgehead atoms. The van der Waals surface area contributed by atoms with E-state index in [2.05, 4.69) is 11.4 Å². The topological polar surface area (TPSA) is 30.5 Å². The van der Waals surface area contributed by atoms with Gasteiger partial charge in [0.15, 0.2) is 11.5 Å². The highest BCUT2D eigenvalue weighted by Crippen LogP contribution is 2.40. The van der Waals surface area contributed by atoms with Crippen molar-refractivity contribution in [2.45, 2.75) is 31.3 Å². The van der Waals surface area contributed by atoms with E-state index in [4.69, 9.17) is 9.47 Å². The summed E-state index contributed by atoms with van der Waals surface area (Å²) in [6.45, 7) is 0.776. The summed E-state index contributed by atoms with van der Waals surface area (Å²) in [7, 11) is 1.69. The molecule has 1 unspecified atom stereocenters. The zero-order valence-corrected chi connectivity index (χ0v) is 9.53. The molecule has 1 aliphatic heterocycles. The van der Waals surface area contributed by atoms with Crippen LogP contribution in [-0.2, 0) is 0 Å². The average Bonchev–Trinajstić information content (AvgIpc) is 3.13. The number of para-hydroxylation sites is 1. The van der Waals surface area contributed by atoms with Crippen LogP contribution in [-0.4, -0.2) is 19.8 Å². The molecule has 16 heavy (non-hydrogen) atoms. The molecule has 3 rings (SSSR count). The predicted molar refractivity (Wildman–Crippen MR) is 62.0 cm³/mol. The average molecular weight is 219 g/mol. The standard InChI is InChI=1S/C13H17NO2/c1-15-12-4-2-3-10-11(14-9-5-6-9)7-8-16-13(10)12/h2-4,9,11,14H,5-8H2,1H3. The van der Waals surface area contributed by atoms with Crippen molar-refractivity contribution in [3.8, 4) is 11.5 Å². The number of fused-ring (bicyclic) bond motifs is 1. The fourth-order valence-electron chi connectivity index (χ4n) is 2.26. The molecule has 1 fully saturated rings. The van der Waals surface area contributed by atoms with Crippen molar-refractivity contribution in [3.63, 3.8) is 0 Å². The molecular weight excluding hydrogens is 202 g/mol. The molecule has 3 heteroatoms. The summed E-state index contributed by atoms with van der Waals surface area (Å²) in [4.78, 5) is 0. The van der Waals surface area contributed by atoms with E-state index in [9.17, 15) is 0 Å². The molecule has 0 radical (unpaired) electrons. The van der Waals surface area contributed by atoms with Crippen molar-refractivity contribution in [3.05, 3.63) is 23.8 Å². The van der Waals surface area contributed by atoms with Gasteiger partial charge in [-0.15, -0.1) is 0 Å². The Morgan fingerprint density at radius 1 is 1.31 bits per heavy atom. The third-order valence-corrected chi connectivity index (χ3v) is 3.27. The van der Waals surface area contributed by atoms with Crippen LogP contribution in [0.3, 0.4) is 0 Å². The van der Waals surface area contributed by atoms with Crippen LogP contribution >= 0.6 is 0 Å². The van der Waals surface area contributed by atoms with E-state index in [1.807, 2.05) is 12.1 Å². The molecule has 3 nitrogen and oxygen atoms in total. The highest BCUT2D eigenvalue weighted by Gasteiger charge is 2.29. The quantitative estimate of drug-likeness (QED) is 0.846. The lowest BCUT2D eigenvalue weighted by atomic mass is 10.00. The Balaban J connectivity index is 1.91. The van der Waals surface area contributed by atoms with Crippen LogP contribution in [0.2, 0.25) is 0 Å². The van der Waals surface area contributed by atoms with Gasteiger partial charge in [0.2, 0.25) is 0 Å². The second-order valence-corrected chi connectivity index (χ2v) is 4.51. The maximum atomic E-state index is 5.71. The van der Waals surface area contributed by atoms with E-state index < -0.39 is 0 Å². The van der Waals surface area contributed by atoms with Crippen molar-refractivity contribution >= 4 is 0 Å². The summed E-state index contributed by atoms with van der Waals surface area (Å²) < 4.78 is 11.0. The normalized spacial score (nSPS) is 23.4. The molecule has 1 aliphatic carbocycles. The fraction of sp³-hybridized carbons (Fsp3) is 0.538. The van der Waals surface area contributed by atoms with E-state index in [-0.39, 0.29) is 0 Å².